The van der Waals surface area contributed by atoms with Crippen molar-refractivity contribution in [2.24, 2.45) is 11.8 Å². The quantitative estimate of drug-likeness (QED) is 0.546. The number of amides is 2. The van der Waals surface area contributed by atoms with Gasteiger partial charge in [-0.1, -0.05) is 32.6 Å². The molecule has 1 saturated carbocycles. The van der Waals surface area contributed by atoms with Crippen molar-refractivity contribution in [3.05, 3.63) is 0 Å². The number of carbonyl (C=O) groups excluding carboxylic acids is 1. The van der Waals surface area contributed by atoms with Crippen LogP contribution >= 0.6 is 0 Å². The first-order chi connectivity index (χ1) is 9.61. The predicted octanol–water partition coefficient (Wildman–Crippen LogP) is 2.76. The summed E-state index contributed by atoms with van der Waals surface area (Å²) in [6.45, 7) is 3.49. The normalized spacial score (nSPS) is 15.7. The summed E-state index contributed by atoms with van der Waals surface area (Å²) in [6.07, 6.45) is 7.57. The minimum atomic E-state index is -0.739. The Labute approximate surface area is 121 Å². The molecule has 5 heteroatoms. The zero-order valence-corrected chi connectivity index (χ0v) is 12.5. The van der Waals surface area contributed by atoms with Gasteiger partial charge < -0.3 is 15.7 Å². The molecule has 0 saturated heterocycles. The Morgan fingerprint density at radius 1 is 1.15 bits per heavy atom. The number of hydrogen-bond donors (Lipinski definition) is 3. The molecule has 1 unspecified atom stereocenters. The fourth-order valence-corrected chi connectivity index (χ4v) is 2.42. The molecular formula is C15H28N2O3. The first-order valence-electron chi connectivity index (χ1n) is 7.85. The SMILES string of the molecule is CCCC(CCNC(=O)NCCC1CC1)CCC(=O)O. The third-order valence-electron chi connectivity index (χ3n) is 3.84. The van der Waals surface area contributed by atoms with E-state index in [4.69, 9.17) is 5.11 Å². The van der Waals surface area contributed by atoms with E-state index in [1.54, 1.807) is 0 Å². The average molecular weight is 284 g/mol. The average Bonchev–Trinajstić information content (AvgIpc) is 3.20. The van der Waals surface area contributed by atoms with Crippen molar-refractivity contribution >= 4 is 12.0 Å². The Balaban J connectivity index is 2.04. The highest BCUT2D eigenvalue weighted by molar-refractivity contribution is 5.73. The van der Waals surface area contributed by atoms with Gasteiger partial charge in [-0.05, 0) is 31.1 Å². The molecule has 0 aromatic heterocycles. The maximum atomic E-state index is 11.5. The van der Waals surface area contributed by atoms with Crippen LogP contribution in [-0.2, 0) is 4.79 Å². The smallest absolute Gasteiger partial charge is 0.314 e. The third-order valence-corrected chi connectivity index (χ3v) is 3.84. The summed E-state index contributed by atoms with van der Waals surface area (Å²) in [5.74, 6) is 0.486. The van der Waals surface area contributed by atoms with Crippen molar-refractivity contribution < 1.29 is 14.7 Å². The number of aliphatic carboxylic acids is 1. The largest absolute Gasteiger partial charge is 0.481 e. The predicted molar refractivity (Wildman–Crippen MR) is 78.6 cm³/mol. The maximum Gasteiger partial charge on any atom is 0.314 e. The second-order valence-corrected chi connectivity index (χ2v) is 5.79. The van der Waals surface area contributed by atoms with Crippen LogP contribution in [0.25, 0.3) is 0 Å². The van der Waals surface area contributed by atoms with Gasteiger partial charge in [0.15, 0.2) is 0 Å². The molecule has 0 aromatic carbocycles. The first kappa shape index (κ1) is 16.8. The second kappa shape index (κ2) is 9.61. The Morgan fingerprint density at radius 2 is 1.85 bits per heavy atom. The number of carboxylic acid groups (broad SMARTS) is 1. The van der Waals surface area contributed by atoms with Crippen molar-refractivity contribution in [3.63, 3.8) is 0 Å². The van der Waals surface area contributed by atoms with Gasteiger partial charge >= 0.3 is 12.0 Å². The van der Waals surface area contributed by atoms with E-state index < -0.39 is 5.97 Å². The summed E-state index contributed by atoms with van der Waals surface area (Å²) in [6, 6.07) is -0.0980. The lowest BCUT2D eigenvalue weighted by molar-refractivity contribution is -0.137. The lowest BCUT2D eigenvalue weighted by Crippen LogP contribution is -2.37. The van der Waals surface area contributed by atoms with Crippen molar-refractivity contribution in [3.8, 4) is 0 Å². The van der Waals surface area contributed by atoms with Gasteiger partial charge in [-0.15, -0.1) is 0 Å². The molecule has 0 heterocycles. The van der Waals surface area contributed by atoms with E-state index >= 15 is 0 Å². The summed E-state index contributed by atoms with van der Waals surface area (Å²) < 4.78 is 0. The first-order valence-corrected chi connectivity index (χ1v) is 7.85. The van der Waals surface area contributed by atoms with E-state index in [0.717, 1.165) is 38.1 Å². The summed E-state index contributed by atoms with van der Waals surface area (Å²) >= 11 is 0. The monoisotopic (exact) mass is 284 g/mol. The molecule has 1 aliphatic rings. The van der Waals surface area contributed by atoms with Gasteiger partial charge in [-0.25, -0.2) is 4.79 Å². The molecule has 1 atom stereocenters. The summed E-state index contributed by atoms with van der Waals surface area (Å²) in [5, 5.41) is 14.4. The number of nitrogens with one attached hydrogen (secondary N) is 2. The van der Waals surface area contributed by atoms with Crippen LogP contribution in [0.3, 0.4) is 0 Å². The van der Waals surface area contributed by atoms with Crippen LogP contribution < -0.4 is 10.6 Å². The minimum Gasteiger partial charge on any atom is -0.481 e. The molecule has 116 valence electrons. The Kier molecular flexibility index (Phi) is 8.07. The zero-order valence-electron chi connectivity index (χ0n) is 12.5. The van der Waals surface area contributed by atoms with Crippen LogP contribution in [0.2, 0.25) is 0 Å². The van der Waals surface area contributed by atoms with Crippen LogP contribution in [0, 0.1) is 11.8 Å². The van der Waals surface area contributed by atoms with E-state index in [2.05, 4.69) is 17.6 Å². The highest BCUT2D eigenvalue weighted by atomic mass is 16.4. The summed E-state index contributed by atoms with van der Waals surface area (Å²) in [7, 11) is 0. The lowest BCUT2D eigenvalue weighted by Gasteiger charge is -2.15. The molecule has 1 fully saturated rings. The Morgan fingerprint density at radius 3 is 2.45 bits per heavy atom. The van der Waals surface area contributed by atoms with Gasteiger partial charge in [0, 0.05) is 19.5 Å². The number of urea groups is 1. The van der Waals surface area contributed by atoms with Gasteiger partial charge in [0.25, 0.3) is 0 Å². The standard InChI is InChI=1S/C15H28N2O3/c1-2-3-12(6-7-14(18)19)8-10-16-15(20)17-11-9-13-4-5-13/h12-13H,2-11H2,1H3,(H,18,19)(H2,16,17,20). The van der Waals surface area contributed by atoms with Gasteiger partial charge in [-0.2, -0.15) is 0 Å². The number of carboxylic acids is 1. The number of rotatable bonds is 11. The Bertz CT molecular complexity index is 303. The van der Waals surface area contributed by atoms with Crippen molar-refractivity contribution in [1.29, 1.82) is 0 Å². The van der Waals surface area contributed by atoms with E-state index in [1.165, 1.54) is 12.8 Å². The maximum absolute atomic E-state index is 11.5. The van der Waals surface area contributed by atoms with Crippen LogP contribution in [0.5, 0.6) is 0 Å². The lowest BCUT2D eigenvalue weighted by atomic mass is 9.94. The fourth-order valence-electron chi connectivity index (χ4n) is 2.42. The topological polar surface area (TPSA) is 78.4 Å². The molecule has 3 N–H and O–H groups in total. The molecule has 2 amide bonds. The van der Waals surface area contributed by atoms with Crippen molar-refractivity contribution in [1.82, 2.24) is 10.6 Å². The number of carbonyl (C=O) groups is 2. The molecule has 0 bridgehead atoms. The summed E-state index contributed by atoms with van der Waals surface area (Å²) in [4.78, 5) is 22.1. The van der Waals surface area contributed by atoms with Gasteiger partial charge in [0.05, 0.1) is 0 Å². The fraction of sp³-hybridized carbons (Fsp3) is 0.867. The molecule has 0 aromatic rings. The highest BCUT2D eigenvalue weighted by Gasteiger charge is 2.20. The van der Waals surface area contributed by atoms with Crippen LogP contribution in [-0.4, -0.2) is 30.2 Å². The van der Waals surface area contributed by atoms with Crippen molar-refractivity contribution in [2.45, 2.75) is 58.3 Å². The molecule has 5 nitrogen and oxygen atoms in total. The second-order valence-electron chi connectivity index (χ2n) is 5.79. The zero-order chi connectivity index (χ0) is 14.8. The third kappa shape index (κ3) is 8.77. The molecule has 1 aliphatic carbocycles. The minimum absolute atomic E-state index is 0.0980. The highest BCUT2D eigenvalue weighted by Crippen LogP contribution is 2.31. The van der Waals surface area contributed by atoms with E-state index in [-0.39, 0.29) is 12.5 Å². The molecule has 0 radical (unpaired) electrons. The summed E-state index contributed by atoms with van der Waals surface area (Å²) in [5.41, 5.74) is 0. The molecule has 0 aliphatic heterocycles. The Hall–Kier alpha value is -1.26. The molecular weight excluding hydrogens is 256 g/mol. The molecule has 1 rings (SSSR count). The number of hydrogen-bond acceptors (Lipinski definition) is 2. The van der Waals surface area contributed by atoms with Gasteiger partial charge in [0.2, 0.25) is 0 Å². The van der Waals surface area contributed by atoms with Gasteiger partial charge in [-0.3, -0.25) is 4.79 Å². The van der Waals surface area contributed by atoms with E-state index in [1.807, 2.05) is 0 Å². The van der Waals surface area contributed by atoms with Crippen molar-refractivity contribution in [2.75, 3.05) is 13.1 Å². The van der Waals surface area contributed by atoms with Crippen LogP contribution in [0.4, 0.5) is 4.79 Å². The van der Waals surface area contributed by atoms with Crippen LogP contribution in [0.1, 0.15) is 58.3 Å². The van der Waals surface area contributed by atoms with Crippen LogP contribution in [0.15, 0.2) is 0 Å². The van der Waals surface area contributed by atoms with Gasteiger partial charge in [0.1, 0.15) is 0 Å². The molecule has 0 spiro atoms. The molecule has 20 heavy (non-hydrogen) atoms. The van der Waals surface area contributed by atoms with E-state index in [9.17, 15) is 9.59 Å². The van der Waals surface area contributed by atoms with E-state index in [0.29, 0.717) is 18.9 Å².